The molecule has 0 N–H and O–H groups in total. The van der Waals surface area contributed by atoms with Crippen molar-refractivity contribution in [3.8, 4) is 22.5 Å². The van der Waals surface area contributed by atoms with E-state index >= 15 is 0 Å². The van der Waals surface area contributed by atoms with Gasteiger partial charge in [-0.15, -0.1) is 13.2 Å². The number of hydrogen-bond donors (Lipinski definition) is 0. The van der Waals surface area contributed by atoms with Gasteiger partial charge in [0, 0.05) is 11.1 Å². The van der Waals surface area contributed by atoms with Crippen molar-refractivity contribution >= 4 is 0 Å². The largest absolute Gasteiger partial charge is 0.505 e. The predicted molar refractivity (Wildman–Crippen MR) is 74.2 cm³/mol. The number of hydrogen-bond acceptors (Lipinski definition) is 1. The lowest BCUT2D eigenvalue weighted by atomic mass is 10.1. The highest BCUT2D eigenvalue weighted by Gasteiger charge is 2.36. The van der Waals surface area contributed by atoms with Crippen molar-refractivity contribution in [2.45, 2.75) is 6.30 Å². The van der Waals surface area contributed by atoms with E-state index in [1.807, 2.05) is 0 Å². The van der Waals surface area contributed by atoms with Crippen molar-refractivity contribution in [2.24, 2.45) is 0 Å². The molecule has 3 rings (SSSR count). The molecule has 0 unspecified atom stereocenters. The molecule has 3 aromatic rings. The van der Waals surface area contributed by atoms with Crippen LogP contribution in [-0.2, 0) is 6.30 Å². The van der Waals surface area contributed by atoms with Gasteiger partial charge >= 0.3 is 6.30 Å². The highest BCUT2D eigenvalue weighted by Crippen LogP contribution is 2.35. The lowest BCUT2D eigenvalue weighted by Crippen LogP contribution is -2.19. The van der Waals surface area contributed by atoms with Crippen molar-refractivity contribution in [3.63, 3.8) is 0 Å². The molecule has 1 heterocycles. The average molecular weight is 360 g/mol. The Labute approximate surface area is 136 Å². The third-order valence-electron chi connectivity index (χ3n) is 3.40. The first-order valence-electron chi connectivity index (χ1n) is 6.76. The molecule has 0 atom stereocenters. The summed E-state index contributed by atoms with van der Waals surface area (Å²) >= 11 is 0. The quantitative estimate of drug-likeness (QED) is 0.347. The van der Waals surface area contributed by atoms with Gasteiger partial charge in [0.25, 0.3) is 0 Å². The minimum Gasteiger partial charge on any atom is -0.204 e. The molecule has 0 amide bonds. The van der Waals surface area contributed by atoms with E-state index in [2.05, 4.69) is 5.10 Å². The highest BCUT2D eigenvalue weighted by molar-refractivity contribution is 5.69. The Hall–Kier alpha value is -2.84. The van der Waals surface area contributed by atoms with E-state index in [0.29, 0.717) is 0 Å². The lowest BCUT2D eigenvalue weighted by molar-refractivity contribution is -0.210. The first-order chi connectivity index (χ1) is 11.7. The van der Waals surface area contributed by atoms with Crippen LogP contribution in [0.4, 0.5) is 30.7 Å². The van der Waals surface area contributed by atoms with E-state index in [0.717, 1.165) is 6.07 Å². The molecule has 0 radical (unpaired) electrons. The van der Waals surface area contributed by atoms with Crippen molar-refractivity contribution in [1.29, 1.82) is 0 Å². The zero-order valence-electron chi connectivity index (χ0n) is 12.1. The highest BCUT2D eigenvalue weighted by atomic mass is 19.4. The van der Waals surface area contributed by atoms with Gasteiger partial charge in [0.05, 0.1) is 11.4 Å². The molecule has 0 aliphatic heterocycles. The van der Waals surface area contributed by atoms with E-state index in [1.165, 1.54) is 24.3 Å². The molecule has 0 spiro atoms. The smallest absolute Gasteiger partial charge is 0.204 e. The molecule has 0 aliphatic carbocycles. The van der Waals surface area contributed by atoms with Crippen LogP contribution >= 0.6 is 0 Å². The summed E-state index contributed by atoms with van der Waals surface area (Å²) in [4.78, 5) is 0. The Balaban J connectivity index is 2.25. The molecular formula is C16H7F7N2. The Bertz CT molecular complexity index is 930. The van der Waals surface area contributed by atoms with Crippen molar-refractivity contribution in [2.75, 3.05) is 0 Å². The number of alkyl halides is 3. The summed E-state index contributed by atoms with van der Waals surface area (Å²) in [5, 5.41) is 3.20. The first-order valence-corrected chi connectivity index (χ1v) is 6.76. The molecule has 9 heteroatoms. The fourth-order valence-corrected chi connectivity index (χ4v) is 2.28. The number of halogens is 7. The van der Waals surface area contributed by atoms with Crippen LogP contribution in [0.3, 0.4) is 0 Å². The Morgan fingerprint density at radius 3 is 2.04 bits per heavy atom. The zero-order chi connectivity index (χ0) is 18.4. The van der Waals surface area contributed by atoms with Crippen LogP contribution in [0.2, 0.25) is 0 Å². The summed E-state index contributed by atoms with van der Waals surface area (Å²) in [6, 6.07) is 8.30. The van der Waals surface area contributed by atoms with Gasteiger partial charge in [-0.25, -0.2) is 17.6 Å². The number of nitrogens with zero attached hydrogens (tertiary/aromatic N) is 2. The minimum absolute atomic E-state index is 0.0991. The maximum absolute atomic E-state index is 13.9. The van der Waals surface area contributed by atoms with Crippen LogP contribution in [0.15, 0.2) is 42.5 Å². The molecule has 0 saturated carbocycles. The SMILES string of the molecule is Fc1cc(-c2cc(-c3ccccc3)n(C(F)(F)F)n2)c(F)c(F)c1F. The van der Waals surface area contributed by atoms with Gasteiger partial charge in [0.15, 0.2) is 23.3 Å². The van der Waals surface area contributed by atoms with E-state index in [-0.39, 0.29) is 16.3 Å². The Morgan fingerprint density at radius 2 is 1.44 bits per heavy atom. The van der Waals surface area contributed by atoms with Gasteiger partial charge in [0.2, 0.25) is 0 Å². The van der Waals surface area contributed by atoms with Gasteiger partial charge < -0.3 is 0 Å². The fraction of sp³-hybridized carbons (Fsp3) is 0.0625. The van der Waals surface area contributed by atoms with Crippen LogP contribution in [0.5, 0.6) is 0 Å². The molecule has 2 nitrogen and oxygen atoms in total. The van der Waals surface area contributed by atoms with Crippen LogP contribution < -0.4 is 0 Å². The second kappa shape index (κ2) is 5.91. The maximum atomic E-state index is 13.9. The summed E-state index contributed by atoms with van der Waals surface area (Å²) < 4.78 is 92.8. The molecule has 2 aromatic carbocycles. The van der Waals surface area contributed by atoms with Crippen molar-refractivity contribution in [1.82, 2.24) is 9.78 Å². The van der Waals surface area contributed by atoms with Gasteiger partial charge in [-0.2, -0.15) is 9.78 Å². The van der Waals surface area contributed by atoms with Gasteiger partial charge in [0.1, 0.15) is 0 Å². The van der Waals surface area contributed by atoms with E-state index in [4.69, 9.17) is 0 Å². The minimum atomic E-state index is -4.96. The summed E-state index contributed by atoms with van der Waals surface area (Å²) in [5.74, 6) is -7.75. The van der Waals surface area contributed by atoms with Gasteiger partial charge in [-0.05, 0) is 12.1 Å². The molecule has 0 saturated heterocycles. The number of benzene rings is 2. The third-order valence-corrected chi connectivity index (χ3v) is 3.40. The normalized spacial score (nSPS) is 11.8. The van der Waals surface area contributed by atoms with E-state index in [9.17, 15) is 30.7 Å². The second-order valence-corrected chi connectivity index (χ2v) is 5.01. The third kappa shape index (κ3) is 2.97. The average Bonchev–Trinajstić information content (AvgIpc) is 3.02. The topological polar surface area (TPSA) is 17.8 Å². The molecule has 0 bridgehead atoms. The summed E-state index contributed by atoms with van der Waals surface area (Å²) in [6.45, 7) is 0. The Kier molecular flexibility index (Phi) is 4.02. The van der Waals surface area contributed by atoms with Crippen LogP contribution in [-0.4, -0.2) is 9.78 Å². The molecular weight excluding hydrogens is 353 g/mol. The van der Waals surface area contributed by atoms with Gasteiger partial charge in [-0.3, -0.25) is 0 Å². The molecule has 1 aromatic heterocycles. The van der Waals surface area contributed by atoms with E-state index < -0.39 is 46.5 Å². The number of rotatable bonds is 2. The summed E-state index contributed by atoms with van der Waals surface area (Å²) in [7, 11) is 0. The fourth-order valence-electron chi connectivity index (χ4n) is 2.28. The first kappa shape index (κ1) is 17.0. The molecule has 25 heavy (non-hydrogen) atoms. The molecule has 130 valence electrons. The molecule has 0 fully saturated rings. The van der Waals surface area contributed by atoms with Crippen molar-refractivity contribution < 1.29 is 30.7 Å². The number of aromatic nitrogens is 2. The van der Waals surface area contributed by atoms with Crippen LogP contribution in [0.1, 0.15) is 0 Å². The summed E-state index contributed by atoms with van der Waals surface area (Å²) in [6.07, 6.45) is -4.96. The van der Waals surface area contributed by atoms with Crippen LogP contribution in [0, 0.1) is 23.3 Å². The monoisotopic (exact) mass is 360 g/mol. The summed E-state index contributed by atoms with van der Waals surface area (Å²) in [5.41, 5.74) is -1.97. The Morgan fingerprint density at radius 1 is 0.800 bits per heavy atom. The molecule has 0 aliphatic rings. The standard InChI is InChI=1S/C16H7F7N2/c17-10-6-9(13(18)15(20)14(10)19)11-7-12(8-4-2-1-3-5-8)25(24-11)16(21,22)23/h1-7H. The zero-order valence-corrected chi connectivity index (χ0v) is 12.1. The van der Waals surface area contributed by atoms with Gasteiger partial charge in [-0.1, -0.05) is 30.3 Å². The second-order valence-electron chi connectivity index (χ2n) is 5.01. The van der Waals surface area contributed by atoms with E-state index in [1.54, 1.807) is 6.07 Å². The van der Waals surface area contributed by atoms with Crippen LogP contribution in [0.25, 0.3) is 22.5 Å². The maximum Gasteiger partial charge on any atom is 0.505 e. The predicted octanol–water partition coefficient (Wildman–Crippen LogP) is 5.25. The van der Waals surface area contributed by atoms with Crippen molar-refractivity contribution in [3.05, 3.63) is 65.7 Å². The lowest BCUT2D eigenvalue weighted by Gasteiger charge is -2.10.